The summed E-state index contributed by atoms with van der Waals surface area (Å²) >= 11 is 0. The molecule has 0 amide bonds. The molecule has 0 unspecified atom stereocenters. The maximum Gasteiger partial charge on any atom is 0.229 e. The maximum absolute atomic E-state index is 11.9. The highest BCUT2D eigenvalue weighted by atomic mass is 16.1. The second-order valence-corrected chi connectivity index (χ2v) is 3.74. The highest BCUT2D eigenvalue weighted by Crippen LogP contribution is 2.10. The first-order valence-electron chi connectivity index (χ1n) is 5.29. The van der Waals surface area contributed by atoms with Crippen LogP contribution in [0, 0.1) is 6.92 Å². The molecule has 0 saturated carbocycles. The first kappa shape index (κ1) is 11.0. The van der Waals surface area contributed by atoms with Crippen LogP contribution in [-0.2, 0) is 0 Å². The molecule has 0 N–H and O–H groups in total. The fraction of sp³-hybridized carbons (Fsp3) is 0.417. The molecule has 0 aliphatic heterocycles. The zero-order valence-corrected chi connectivity index (χ0v) is 9.21. The number of rotatable bonds is 4. The number of hydrogen-bond acceptors (Lipinski definition) is 1. The molecular weight excluding hydrogens is 171 g/mol. The van der Waals surface area contributed by atoms with Crippen molar-refractivity contribution in [3.05, 3.63) is 35.4 Å². The van der Waals surface area contributed by atoms with Gasteiger partial charge in [0.2, 0.25) is 6.71 Å². The Morgan fingerprint density at radius 3 is 2.07 bits per heavy atom. The Labute approximate surface area is 86.6 Å². The lowest BCUT2D eigenvalue weighted by atomic mass is 9.41. The minimum atomic E-state index is 0.192. The van der Waals surface area contributed by atoms with Crippen molar-refractivity contribution in [1.82, 2.24) is 0 Å². The van der Waals surface area contributed by atoms with Gasteiger partial charge >= 0.3 is 0 Å². The Balaban J connectivity index is 2.83. The van der Waals surface area contributed by atoms with E-state index in [2.05, 4.69) is 13.8 Å². The molecule has 0 aliphatic rings. The average Bonchev–Trinajstić information content (AvgIpc) is 2.20. The summed E-state index contributed by atoms with van der Waals surface area (Å²) in [7, 11) is 0. The van der Waals surface area contributed by atoms with Crippen LogP contribution in [0.15, 0.2) is 24.3 Å². The van der Waals surface area contributed by atoms with Crippen molar-refractivity contribution in [1.29, 1.82) is 0 Å². The zero-order chi connectivity index (χ0) is 10.6. The van der Waals surface area contributed by atoms with Crippen LogP contribution in [0.5, 0.6) is 0 Å². The summed E-state index contributed by atoms with van der Waals surface area (Å²) in [6.45, 7) is 6.36. The van der Waals surface area contributed by atoms with E-state index in [9.17, 15) is 4.79 Å². The first-order chi connectivity index (χ1) is 6.69. The smallest absolute Gasteiger partial charge is 0.229 e. The van der Waals surface area contributed by atoms with Gasteiger partial charge in [-0.25, -0.2) is 0 Å². The van der Waals surface area contributed by atoms with Crippen molar-refractivity contribution in [3.63, 3.8) is 0 Å². The number of aryl methyl sites for hydroxylation is 1. The van der Waals surface area contributed by atoms with Gasteiger partial charge in [-0.1, -0.05) is 56.3 Å². The van der Waals surface area contributed by atoms with E-state index in [1.165, 1.54) is 5.56 Å². The molecule has 0 heterocycles. The van der Waals surface area contributed by atoms with Crippen LogP contribution in [-0.4, -0.2) is 12.4 Å². The maximum atomic E-state index is 11.9. The third-order valence-corrected chi connectivity index (χ3v) is 2.69. The molecule has 0 bridgehead atoms. The Kier molecular flexibility index (Phi) is 3.93. The third-order valence-electron chi connectivity index (χ3n) is 2.69. The minimum Gasteiger partial charge on any atom is -0.306 e. The Morgan fingerprint density at radius 1 is 1.14 bits per heavy atom. The monoisotopic (exact) mass is 188 g/mol. The molecule has 74 valence electrons. The van der Waals surface area contributed by atoms with Crippen LogP contribution in [0.25, 0.3) is 0 Å². The number of carbonyl (C=O) groups is 1. The lowest BCUT2D eigenvalue weighted by molar-refractivity contribution is 0.107. The average molecular weight is 188 g/mol. The number of carbonyl (C=O) groups excluding carboxylic acids is 1. The van der Waals surface area contributed by atoms with E-state index in [4.69, 9.17) is 0 Å². The minimum absolute atomic E-state index is 0.192. The predicted octanol–water partition coefficient (Wildman–Crippen LogP) is 3.25. The molecular formula is C12H17BO. The highest BCUT2D eigenvalue weighted by molar-refractivity contribution is 6.92. The largest absolute Gasteiger partial charge is 0.306 e. The molecule has 1 aromatic rings. The van der Waals surface area contributed by atoms with Crippen LogP contribution in [0.1, 0.15) is 29.8 Å². The van der Waals surface area contributed by atoms with E-state index in [-0.39, 0.29) is 12.4 Å². The summed E-state index contributed by atoms with van der Waals surface area (Å²) in [5.41, 5.74) is 2.34. The molecule has 14 heavy (non-hydrogen) atoms. The molecule has 0 atom stereocenters. The topological polar surface area (TPSA) is 17.1 Å². The van der Waals surface area contributed by atoms with Gasteiger partial charge in [0.1, 0.15) is 5.68 Å². The van der Waals surface area contributed by atoms with Crippen LogP contribution >= 0.6 is 0 Å². The second kappa shape index (κ2) is 4.99. The molecule has 0 radical (unpaired) electrons. The Hall–Kier alpha value is -1.05. The number of hydrogen-bond donors (Lipinski definition) is 0. The fourth-order valence-corrected chi connectivity index (χ4v) is 1.61. The Morgan fingerprint density at radius 2 is 1.64 bits per heavy atom. The van der Waals surface area contributed by atoms with Crippen molar-refractivity contribution < 1.29 is 4.79 Å². The molecule has 1 nitrogen and oxygen atoms in total. The van der Waals surface area contributed by atoms with Crippen LogP contribution in [0.3, 0.4) is 0 Å². The van der Waals surface area contributed by atoms with E-state index in [1.807, 2.05) is 31.2 Å². The normalized spacial score (nSPS) is 9.93. The molecule has 1 rings (SSSR count). The van der Waals surface area contributed by atoms with E-state index >= 15 is 0 Å². The summed E-state index contributed by atoms with van der Waals surface area (Å²) in [6.07, 6.45) is 1.87. The van der Waals surface area contributed by atoms with Gasteiger partial charge in [-0.3, -0.25) is 0 Å². The SMILES string of the molecule is CCB(CC)C(=O)c1ccc(C)cc1. The van der Waals surface area contributed by atoms with Crippen molar-refractivity contribution in [2.75, 3.05) is 0 Å². The lowest BCUT2D eigenvalue weighted by Crippen LogP contribution is -2.23. The highest BCUT2D eigenvalue weighted by Gasteiger charge is 2.19. The van der Waals surface area contributed by atoms with E-state index in [0.29, 0.717) is 0 Å². The molecule has 1 aromatic carbocycles. The van der Waals surface area contributed by atoms with Crippen molar-refractivity contribution >= 4 is 12.4 Å². The lowest BCUT2D eigenvalue weighted by Gasteiger charge is -2.07. The van der Waals surface area contributed by atoms with Gasteiger partial charge in [-0.15, -0.1) is 0 Å². The predicted molar refractivity (Wildman–Crippen MR) is 62.2 cm³/mol. The van der Waals surface area contributed by atoms with Crippen LogP contribution < -0.4 is 0 Å². The molecule has 0 aliphatic carbocycles. The van der Waals surface area contributed by atoms with Gasteiger partial charge in [0.15, 0.2) is 0 Å². The van der Waals surface area contributed by atoms with E-state index < -0.39 is 0 Å². The van der Waals surface area contributed by atoms with Gasteiger partial charge in [0.25, 0.3) is 0 Å². The summed E-state index contributed by atoms with van der Waals surface area (Å²) < 4.78 is 0. The summed E-state index contributed by atoms with van der Waals surface area (Å²) in [5, 5.41) is 0. The Bertz CT molecular complexity index is 299. The summed E-state index contributed by atoms with van der Waals surface area (Å²) in [6, 6.07) is 7.84. The second-order valence-electron chi connectivity index (χ2n) is 3.74. The molecule has 0 spiro atoms. The first-order valence-corrected chi connectivity index (χ1v) is 5.29. The van der Waals surface area contributed by atoms with Gasteiger partial charge < -0.3 is 4.79 Å². The fourth-order valence-electron chi connectivity index (χ4n) is 1.61. The molecule has 0 fully saturated rings. The van der Waals surface area contributed by atoms with Gasteiger partial charge in [0.05, 0.1) is 0 Å². The van der Waals surface area contributed by atoms with Crippen LogP contribution in [0.2, 0.25) is 12.6 Å². The van der Waals surface area contributed by atoms with Crippen molar-refractivity contribution in [3.8, 4) is 0 Å². The van der Waals surface area contributed by atoms with E-state index in [1.54, 1.807) is 0 Å². The summed E-state index contributed by atoms with van der Waals surface area (Å²) in [4.78, 5) is 11.9. The number of benzene rings is 1. The molecule has 0 saturated heterocycles. The van der Waals surface area contributed by atoms with Crippen LogP contribution in [0.4, 0.5) is 0 Å². The summed E-state index contributed by atoms with van der Waals surface area (Å²) in [5.74, 6) is 0. The van der Waals surface area contributed by atoms with Crippen molar-refractivity contribution in [2.45, 2.75) is 33.4 Å². The zero-order valence-electron chi connectivity index (χ0n) is 9.21. The van der Waals surface area contributed by atoms with Gasteiger partial charge in [-0.05, 0) is 6.92 Å². The molecule has 0 aromatic heterocycles. The van der Waals surface area contributed by atoms with Gasteiger partial charge in [-0.2, -0.15) is 0 Å². The third kappa shape index (κ3) is 2.47. The van der Waals surface area contributed by atoms with Gasteiger partial charge in [0, 0.05) is 5.56 Å². The molecule has 2 heteroatoms. The quantitative estimate of drug-likeness (QED) is 0.662. The van der Waals surface area contributed by atoms with E-state index in [0.717, 1.165) is 18.2 Å². The van der Waals surface area contributed by atoms with Crippen molar-refractivity contribution in [2.24, 2.45) is 0 Å². The standard InChI is InChI=1S/C12H17BO/c1-4-13(5-2)12(14)11-8-6-10(3)7-9-11/h6-9H,4-5H2,1-3H3.